The van der Waals surface area contributed by atoms with Crippen LogP contribution in [0, 0.1) is 11.6 Å². The van der Waals surface area contributed by atoms with Crippen LogP contribution in [0.3, 0.4) is 0 Å². The molecule has 4 atom stereocenters. The number of anilines is 1. The van der Waals surface area contributed by atoms with Gasteiger partial charge in [0.2, 0.25) is 5.91 Å². The highest BCUT2D eigenvalue weighted by atomic mass is 19.2. The molecule has 6 nitrogen and oxygen atoms in total. The van der Waals surface area contributed by atoms with Gasteiger partial charge in [0, 0.05) is 30.1 Å². The lowest BCUT2D eigenvalue weighted by Crippen LogP contribution is -2.56. The van der Waals surface area contributed by atoms with Gasteiger partial charge in [0.15, 0.2) is 17.4 Å². The summed E-state index contributed by atoms with van der Waals surface area (Å²) in [5.74, 6) is -1.88. The van der Waals surface area contributed by atoms with E-state index in [-0.39, 0.29) is 36.6 Å². The number of hydrogen-bond donors (Lipinski definition) is 2. The molecule has 2 heterocycles. The van der Waals surface area contributed by atoms with Crippen molar-refractivity contribution in [3.63, 3.8) is 0 Å². The van der Waals surface area contributed by atoms with Gasteiger partial charge < -0.3 is 11.1 Å². The predicted molar refractivity (Wildman–Crippen MR) is 146 cm³/mol. The molecule has 1 aliphatic rings. The molecular weight excluding hydrogens is 486 g/mol. The summed E-state index contributed by atoms with van der Waals surface area (Å²) < 4.78 is 27.4. The van der Waals surface area contributed by atoms with Gasteiger partial charge >= 0.3 is 0 Å². The molecule has 38 heavy (non-hydrogen) atoms. The number of ketones is 1. The molecule has 1 aliphatic heterocycles. The number of nitrogens with zero attached hydrogens (tertiary/aromatic N) is 2. The number of nitrogen functional groups attached to an aromatic ring is 1. The monoisotopic (exact) mass is 522 g/mol. The van der Waals surface area contributed by atoms with Crippen molar-refractivity contribution in [1.29, 1.82) is 0 Å². The number of fused-ring (bicyclic) bond motifs is 1. The number of Topliss-reactive ketones (excluding diaryl/α,β-unsaturated/α-hetero) is 1. The minimum Gasteiger partial charge on any atom is -0.383 e. The largest absolute Gasteiger partial charge is 0.383 e. The molecule has 0 aliphatic carbocycles. The number of likely N-dealkylation sites (tertiary alicyclic amines) is 1. The Labute approximate surface area is 222 Å². The number of nitrogens with one attached hydrogen (secondary N) is 1. The second-order valence-electron chi connectivity index (χ2n) is 10.5. The molecule has 1 amide bonds. The number of carbonyl (C=O) groups excluding carboxylic acids is 2. The maximum atomic E-state index is 13.9. The van der Waals surface area contributed by atoms with Crippen molar-refractivity contribution in [3.05, 3.63) is 71.4 Å². The van der Waals surface area contributed by atoms with E-state index in [9.17, 15) is 18.4 Å². The topological polar surface area (TPSA) is 88.3 Å². The maximum absolute atomic E-state index is 13.9. The number of amides is 1. The first-order chi connectivity index (χ1) is 18.1. The minimum absolute atomic E-state index is 0.0829. The van der Waals surface area contributed by atoms with Crippen molar-refractivity contribution < 1.29 is 18.4 Å². The number of pyridine rings is 1. The average Bonchev–Trinajstić information content (AvgIpc) is 2.88. The SMILES string of the molecule is C[C@@H]1CCC[C@H](C)N1[C@@H](C)C(=O)N[C@@H](Cc1ccc(F)c(F)c1)C(=O)CCc1ccc2c(N)nccc2c1. The summed E-state index contributed by atoms with van der Waals surface area (Å²) in [5.41, 5.74) is 7.35. The first-order valence-electron chi connectivity index (χ1n) is 13.3. The minimum atomic E-state index is -0.978. The van der Waals surface area contributed by atoms with Crippen LogP contribution in [0.15, 0.2) is 48.7 Å². The number of halogens is 2. The Balaban J connectivity index is 1.50. The number of nitrogens with two attached hydrogens (primary N) is 1. The van der Waals surface area contributed by atoms with E-state index in [1.54, 1.807) is 6.20 Å². The Morgan fingerprint density at radius 2 is 1.76 bits per heavy atom. The zero-order valence-corrected chi connectivity index (χ0v) is 22.2. The van der Waals surface area contributed by atoms with Gasteiger partial charge in [-0.25, -0.2) is 13.8 Å². The zero-order chi connectivity index (χ0) is 27.4. The van der Waals surface area contributed by atoms with E-state index in [0.717, 1.165) is 47.7 Å². The number of piperidine rings is 1. The van der Waals surface area contributed by atoms with E-state index in [1.807, 2.05) is 31.2 Å². The van der Waals surface area contributed by atoms with Crippen LogP contribution >= 0.6 is 0 Å². The molecule has 2 aromatic carbocycles. The molecule has 0 bridgehead atoms. The average molecular weight is 523 g/mol. The molecule has 1 saturated heterocycles. The molecule has 4 rings (SSSR count). The lowest BCUT2D eigenvalue weighted by molar-refractivity contribution is -0.132. The summed E-state index contributed by atoms with van der Waals surface area (Å²) in [5, 5.41) is 4.73. The van der Waals surface area contributed by atoms with Gasteiger partial charge in [0.1, 0.15) is 5.82 Å². The highest BCUT2D eigenvalue weighted by Gasteiger charge is 2.34. The molecule has 8 heteroatoms. The lowest BCUT2D eigenvalue weighted by atomic mass is 9.94. The molecule has 1 fully saturated rings. The van der Waals surface area contributed by atoms with E-state index >= 15 is 0 Å². The van der Waals surface area contributed by atoms with Crippen LogP contribution in [-0.4, -0.2) is 45.7 Å². The fourth-order valence-corrected chi connectivity index (χ4v) is 5.63. The first kappa shape index (κ1) is 27.6. The Morgan fingerprint density at radius 3 is 2.47 bits per heavy atom. The van der Waals surface area contributed by atoms with Crippen LogP contribution < -0.4 is 11.1 Å². The van der Waals surface area contributed by atoms with Crippen molar-refractivity contribution in [3.8, 4) is 0 Å². The Hall–Kier alpha value is -3.39. The summed E-state index contributed by atoms with van der Waals surface area (Å²) in [6.45, 7) is 6.11. The summed E-state index contributed by atoms with van der Waals surface area (Å²) in [4.78, 5) is 33.1. The molecule has 202 valence electrons. The van der Waals surface area contributed by atoms with E-state index in [2.05, 4.69) is 29.0 Å². The second-order valence-corrected chi connectivity index (χ2v) is 10.5. The summed E-state index contributed by atoms with van der Waals surface area (Å²) in [7, 11) is 0. The number of aromatic nitrogens is 1. The fraction of sp³-hybridized carbons (Fsp3) is 0.433. The Kier molecular flexibility index (Phi) is 8.72. The normalized spacial score (nSPS) is 19.7. The van der Waals surface area contributed by atoms with Crippen molar-refractivity contribution in [2.75, 3.05) is 5.73 Å². The van der Waals surface area contributed by atoms with Gasteiger partial charge in [-0.3, -0.25) is 14.5 Å². The lowest BCUT2D eigenvalue weighted by Gasteiger charge is -2.42. The highest BCUT2D eigenvalue weighted by molar-refractivity contribution is 5.92. The van der Waals surface area contributed by atoms with Crippen molar-refractivity contribution in [2.24, 2.45) is 0 Å². The zero-order valence-electron chi connectivity index (χ0n) is 22.2. The Morgan fingerprint density at radius 1 is 1.05 bits per heavy atom. The third-order valence-electron chi connectivity index (χ3n) is 7.74. The fourth-order valence-electron chi connectivity index (χ4n) is 5.63. The molecular formula is C30H36F2N4O2. The second kappa shape index (κ2) is 12.0. The maximum Gasteiger partial charge on any atom is 0.237 e. The number of hydrogen-bond acceptors (Lipinski definition) is 5. The van der Waals surface area contributed by atoms with Gasteiger partial charge in [0.05, 0.1) is 12.1 Å². The van der Waals surface area contributed by atoms with E-state index in [1.165, 1.54) is 6.07 Å². The molecule has 0 spiro atoms. The van der Waals surface area contributed by atoms with Crippen LogP contribution in [0.25, 0.3) is 10.8 Å². The van der Waals surface area contributed by atoms with Crippen molar-refractivity contribution in [1.82, 2.24) is 15.2 Å². The van der Waals surface area contributed by atoms with Crippen LogP contribution in [0.2, 0.25) is 0 Å². The number of benzene rings is 2. The Bertz CT molecular complexity index is 1300. The molecule has 0 radical (unpaired) electrons. The number of carbonyl (C=O) groups is 2. The molecule has 0 unspecified atom stereocenters. The van der Waals surface area contributed by atoms with E-state index in [0.29, 0.717) is 17.8 Å². The molecule has 3 N–H and O–H groups in total. The van der Waals surface area contributed by atoms with Crippen molar-refractivity contribution >= 4 is 28.3 Å². The first-order valence-corrected chi connectivity index (χ1v) is 13.3. The highest BCUT2D eigenvalue weighted by Crippen LogP contribution is 2.25. The van der Waals surface area contributed by atoms with Gasteiger partial charge in [0.25, 0.3) is 0 Å². The number of aryl methyl sites for hydroxylation is 1. The smallest absolute Gasteiger partial charge is 0.237 e. The third-order valence-corrected chi connectivity index (χ3v) is 7.74. The van der Waals surface area contributed by atoms with Crippen molar-refractivity contribution in [2.45, 2.75) is 83.5 Å². The van der Waals surface area contributed by atoms with Crippen LogP contribution in [0.1, 0.15) is 57.6 Å². The van der Waals surface area contributed by atoms with E-state index < -0.39 is 23.7 Å². The summed E-state index contributed by atoms with van der Waals surface area (Å²) >= 11 is 0. The van der Waals surface area contributed by atoms with Gasteiger partial charge in [-0.15, -0.1) is 0 Å². The third kappa shape index (κ3) is 6.35. The van der Waals surface area contributed by atoms with Crippen LogP contribution in [0.5, 0.6) is 0 Å². The predicted octanol–water partition coefficient (Wildman–Crippen LogP) is 4.98. The molecule has 0 saturated carbocycles. The summed E-state index contributed by atoms with van der Waals surface area (Å²) in [6.07, 6.45) is 5.55. The van der Waals surface area contributed by atoms with Gasteiger partial charge in [-0.2, -0.15) is 0 Å². The van der Waals surface area contributed by atoms with Crippen LogP contribution in [-0.2, 0) is 22.4 Å². The van der Waals surface area contributed by atoms with Gasteiger partial charge in [-0.1, -0.05) is 30.7 Å². The van der Waals surface area contributed by atoms with Crippen LogP contribution in [0.4, 0.5) is 14.6 Å². The van der Waals surface area contributed by atoms with E-state index in [4.69, 9.17) is 5.73 Å². The quantitative estimate of drug-likeness (QED) is 0.414. The standard InChI is InChI=1S/C30H36F2N4O2/c1-18-5-4-6-19(2)36(18)20(3)30(38)35-27(17-22-8-11-25(31)26(32)16-22)28(37)12-9-21-7-10-24-23(15-21)13-14-34-29(24)33/h7-8,10-11,13-16,18-20,27H,4-6,9,12,17H2,1-3H3,(H2,33,34)(H,35,38)/t18-,19+,20-,27-/m0/s1. The molecule has 3 aromatic rings. The van der Waals surface area contributed by atoms with Gasteiger partial charge in [-0.05, 0) is 81.2 Å². The number of rotatable bonds is 9. The summed E-state index contributed by atoms with van der Waals surface area (Å²) in [6, 6.07) is 10.5. The molecule has 1 aromatic heterocycles.